The first kappa shape index (κ1) is 13.8. The van der Waals surface area contributed by atoms with E-state index < -0.39 is 0 Å². The van der Waals surface area contributed by atoms with Gasteiger partial charge in [0.1, 0.15) is 0 Å². The third kappa shape index (κ3) is 2.96. The fraction of sp³-hybridized carbons (Fsp3) is 0.211. The molecule has 0 radical (unpaired) electrons. The Morgan fingerprint density at radius 3 is 2.57 bits per heavy atom. The lowest BCUT2D eigenvalue weighted by atomic mass is 9.96. The predicted octanol–water partition coefficient (Wildman–Crippen LogP) is 4.40. The lowest BCUT2D eigenvalue weighted by Gasteiger charge is -2.14. The molecule has 0 fully saturated rings. The number of pyridine rings is 1. The summed E-state index contributed by atoms with van der Waals surface area (Å²) in [7, 11) is 0. The van der Waals surface area contributed by atoms with Crippen molar-refractivity contribution in [2.24, 2.45) is 0 Å². The third-order valence-corrected chi connectivity index (χ3v) is 3.65. The Kier molecular flexibility index (Phi) is 3.98. The van der Waals surface area contributed by atoms with E-state index in [-0.39, 0.29) is 0 Å². The molecule has 1 N–H and O–H groups in total. The van der Waals surface area contributed by atoms with Gasteiger partial charge in [0.05, 0.1) is 5.52 Å². The van der Waals surface area contributed by atoms with Gasteiger partial charge in [-0.25, -0.2) is 0 Å². The number of nitrogens with one attached hydrogen (secondary N) is 1. The van der Waals surface area contributed by atoms with Gasteiger partial charge in [-0.15, -0.1) is 0 Å². The summed E-state index contributed by atoms with van der Waals surface area (Å²) in [5.74, 6) is 0. The predicted molar refractivity (Wildman–Crippen MR) is 89.2 cm³/mol. The minimum absolute atomic E-state index is 0.479. The molecule has 0 aliphatic rings. The van der Waals surface area contributed by atoms with E-state index in [9.17, 15) is 0 Å². The highest BCUT2D eigenvalue weighted by Gasteiger charge is 2.08. The third-order valence-electron chi connectivity index (χ3n) is 3.65. The van der Waals surface area contributed by atoms with Crippen molar-refractivity contribution in [3.05, 3.63) is 66.4 Å². The molecule has 0 amide bonds. The summed E-state index contributed by atoms with van der Waals surface area (Å²) in [6.07, 6.45) is 1.85. The molecule has 21 heavy (non-hydrogen) atoms. The van der Waals surface area contributed by atoms with Crippen LogP contribution in [-0.2, 0) is 6.54 Å². The van der Waals surface area contributed by atoms with Gasteiger partial charge in [0.2, 0.25) is 0 Å². The molecule has 2 nitrogen and oxygen atoms in total. The Labute approximate surface area is 125 Å². The molecule has 0 aliphatic carbocycles. The maximum absolute atomic E-state index is 4.46. The van der Waals surface area contributed by atoms with E-state index in [2.05, 4.69) is 72.7 Å². The van der Waals surface area contributed by atoms with Crippen LogP contribution in [0.2, 0.25) is 0 Å². The van der Waals surface area contributed by atoms with Crippen molar-refractivity contribution in [3.8, 4) is 11.1 Å². The van der Waals surface area contributed by atoms with Crippen LogP contribution in [0.25, 0.3) is 22.0 Å². The summed E-state index contributed by atoms with van der Waals surface area (Å²) in [5, 5.41) is 4.71. The van der Waals surface area contributed by atoms with E-state index in [4.69, 9.17) is 0 Å². The first-order chi connectivity index (χ1) is 10.3. The minimum atomic E-state index is 0.479. The fourth-order valence-corrected chi connectivity index (χ4v) is 2.59. The molecular weight excluding hydrogens is 256 g/mol. The van der Waals surface area contributed by atoms with Crippen LogP contribution >= 0.6 is 0 Å². The molecule has 2 aromatic carbocycles. The molecule has 0 saturated heterocycles. The Balaban J connectivity index is 2.10. The van der Waals surface area contributed by atoms with Crippen LogP contribution < -0.4 is 5.32 Å². The van der Waals surface area contributed by atoms with E-state index in [1.54, 1.807) is 0 Å². The summed E-state index contributed by atoms with van der Waals surface area (Å²) >= 11 is 0. The molecule has 1 aromatic heterocycles. The number of aromatic nitrogens is 1. The Hall–Kier alpha value is -2.19. The van der Waals surface area contributed by atoms with Crippen molar-refractivity contribution in [1.29, 1.82) is 0 Å². The van der Waals surface area contributed by atoms with Gasteiger partial charge in [0, 0.05) is 24.2 Å². The van der Waals surface area contributed by atoms with Crippen LogP contribution in [0.1, 0.15) is 19.4 Å². The zero-order chi connectivity index (χ0) is 14.7. The van der Waals surface area contributed by atoms with Crippen LogP contribution in [0.4, 0.5) is 0 Å². The normalized spacial score (nSPS) is 11.2. The monoisotopic (exact) mass is 276 g/mol. The number of benzene rings is 2. The van der Waals surface area contributed by atoms with Gasteiger partial charge in [-0.2, -0.15) is 0 Å². The van der Waals surface area contributed by atoms with Crippen molar-refractivity contribution in [2.45, 2.75) is 26.4 Å². The Bertz CT molecular complexity index is 742. The molecule has 0 atom stereocenters. The molecule has 0 aliphatic heterocycles. The summed E-state index contributed by atoms with van der Waals surface area (Å²) < 4.78 is 0. The number of hydrogen-bond donors (Lipinski definition) is 1. The van der Waals surface area contributed by atoms with Crippen molar-refractivity contribution in [1.82, 2.24) is 10.3 Å². The van der Waals surface area contributed by atoms with Gasteiger partial charge in [-0.05, 0) is 28.8 Å². The maximum atomic E-state index is 4.46. The number of rotatable bonds is 4. The van der Waals surface area contributed by atoms with Gasteiger partial charge < -0.3 is 5.32 Å². The van der Waals surface area contributed by atoms with E-state index in [0.29, 0.717) is 6.04 Å². The van der Waals surface area contributed by atoms with Gasteiger partial charge in [-0.3, -0.25) is 4.98 Å². The smallest absolute Gasteiger partial charge is 0.0708 e. The number of hydrogen-bond acceptors (Lipinski definition) is 2. The molecule has 0 unspecified atom stereocenters. The molecule has 3 rings (SSSR count). The first-order valence-corrected chi connectivity index (χ1v) is 7.41. The maximum Gasteiger partial charge on any atom is 0.0708 e. The van der Waals surface area contributed by atoms with Gasteiger partial charge in [0.15, 0.2) is 0 Å². The highest BCUT2D eigenvalue weighted by atomic mass is 14.9. The van der Waals surface area contributed by atoms with Crippen LogP contribution in [0.15, 0.2) is 60.8 Å². The Morgan fingerprint density at radius 2 is 1.71 bits per heavy atom. The Morgan fingerprint density at radius 1 is 0.905 bits per heavy atom. The molecule has 106 valence electrons. The van der Waals surface area contributed by atoms with Crippen molar-refractivity contribution in [2.75, 3.05) is 0 Å². The van der Waals surface area contributed by atoms with Crippen molar-refractivity contribution in [3.63, 3.8) is 0 Å². The van der Waals surface area contributed by atoms with E-state index >= 15 is 0 Å². The van der Waals surface area contributed by atoms with Gasteiger partial charge in [0.25, 0.3) is 0 Å². The second-order valence-corrected chi connectivity index (χ2v) is 5.57. The van der Waals surface area contributed by atoms with E-state index in [1.807, 2.05) is 12.3 Å². The molecule has 0 spiro atoms. The van der Waals surface area contributed by atoms with Crippen molar-refractivity contribution >= 4 is 10.9 Å². The SMILES string of the molecule is CC(C)NCc1ccccc1-c1cccc2ncccc12. The quantitative estimate of drug-likeness (QED) is 0.764. The molecule has 1 heterocycles. The molecule has 0 saturated carbocycles. The highest BCUT2D eigenvalue weighted by molar-refractivity contribution is 5.95. The fourth-order valence-electron chi connectivity index (χ4n) is 2.59. The van der Waals surface area contributed by atoms with Gasteiger partial charge in [-0.1, -0.05) is 56.3 Å². The summed E-state index contributed by atoms with van der Waals surface area (Å²) in [4.78, 5) is 4.46. The molecule has 2 heteroatoms. The average Bonchev–Trinajstić information content (AvgIpc) is 2.53. The van der Waals surface area contributed by atoms with Crippen LogP contribution in [-0.4, -0.2) is 11.0 Å². The second-order valence-electron chi connectivity index (χ2n) is 5.57. The summed E-state index contributed by atoms with van der Waals surface area (Å²) in [6.45, 7) is 5.22. The lowest BCUT2D eigenvalue weighted by molar-refractivity contribution is 0.589. The number of nitrogens with zero attached hydrogens (tertiary/aromatic N) is 1. The zero-order valence-electron chi connectivity index (χ0n) is 12.5. The molecular formula is C19H20N2. The number of fused-ring (bicyclic) bond motifs is 1. The molecule has 0 bridgehead atoms. The van der Waals surface area contributed by atoms with Crippen LogP contribution in [0.3, 0.4) is 0 Å². The average molecular weight is 276 g/mol. The van der Waals surface area contributed by atoms with Crippen LogP contribution in [0.5, 0.6) is 0 Å². The van der Waals surface area contributed by atoms with E-state index in [1.165, 1.54) is 22.1 Å². The standard InChI is InChI=1S/C19H20N2/c1-14(2)21-13-15-7-3-4-8-16(15)17-9-5-11-19-18(17)10-6-12-20-19/h3-12,14,21H,13H2,1-2H3. The van der Waals surface area contributed by atoms with Gasteiger partial charge >= 0.3 is 0 Å². The summed E-state index contributed by atoms with van der Waals surface area (Å²) in [6, 6.07) is 19.5. The second kappa shape index (κ2) is 6.06. The minimum Gasteiger partial charge on any atom is -0.310 e. The van der Waals surface area contributed by atoms with Crippen molar-refractivity contribution < 1.29 is 0 Å². The summed E-state index contributed by atoms with van der Waals surface area (Å²) in [5.41, 5.74) is 4.90. The molecule has 3 aromatic rings. The highest BCUT2D eigenvalue weighted by Crippen LogP contribution is 2.30. The zero-order valence-corrected chi connectivity index (χ0v) is 12.5. The van der Waals surface area contributed by atoms with Crippen LogP contribution in [0, 0.1) is 0 Å². The first-order valence-electron chi connectivity index (χ1n) is 7.41. The largest absolute Gasteiger partial charge is 0.310 e. The topological polar surface area (TPSA) is 24.9 Å². The van der Waals surface area contributed by atoms with E-state index in [0.717, 1.165) is 12.1 Å². The lowest BCUT2D eigenvalue weighted by Crippen LogP contribution is -2.22.